The van der Waals surface area contributed by atoms with Gasteiger partial charge in [-0.3, -0.25) is 4.79 Å². The fourth-order valence-corrected chi connectivity index (χ4v) is 2.68. The Morgan fingerprint density at radius 1 is 1.37 bits per heavy atom. The molecule has 2 N–H and O–H groups in total. The molecule has 1 saturated carbocycles. The SMILES string of the molecule is O=C(O)C1CCCC(Nc2c(F)cc(F)cc2Cl)C1. The van der Waals surface area contributed by atoms with Gasteiger partial charge in [0.25, 0.3) is 0 Å². The molecule has 2 unspecified atom stereocenters. The Kier molecular flexibility index (Phi) is 4.24. The number of carboxylic acids is 1. The third kappa shape index (κ3) is 3.35. The maximum atomic E-state index is 13.6. The van der Waals surface area contributed by atoms with Crippen LogP contribution in [-0.4, -0.2) is 17.1 Å². The van der Waals surface area contributed by atoms with E-state index in [1.54, 1.807) is 0 Å². The van der Waals surface area contributed by atoms with Crippen molar-refractivity contribution in [3.63, 3.8) is 0 Å². The second kappa shape index (κ2) is 5.74. The zero-order valence-corrected chi connectivity index (χ0v) is 10.9. The number of anilines is 1. The predicted octanol–water partition coefficient (Wildman–Crippen LogP) is 3.67. The lowest BCUT2D eigenvalue weighted by atomic mass is 9.85. The first-order valence-corrected chi connectivity index (χ1v) is 6.49. The fourth-order valence-electron chi connectivity index (χ4n) is 2.43. The smallest absolute Gasteiger partial charge is 0.306 e. The summed E-state index contributed by atoms with van der Waals surface area (Å²) in [6.07, 6.45) is 2.56. The van der Waals surface area contributed by atoms with Crippen molar-refractivity contribution in [2.24, 2.45) is 5.92 Å². The summed E-state index contributed by atoms with van der Waals surface area (Å²) in [5, 5.41) is 11.9. The lowest BCUT2D eigenvalue weighted by Gasteiger charge is -2.28. The molecule has 1 fully saturated rings. The first kappa shape index (κ1) is 14.1. The maximum Gasteiger partial charge on any atom is 0.306 e. The second-order valence-corrected chi connectivity index (χ2v) is 5.19. The predicted molar refractivity (Wildman–Crippen MR) is 68.4 cm³/mol. The average Bonchev–Trinajstić information content (AvgIpc) is 2.34. The average molecular weight is 290 g/mol. The summed E-state index contributed by atoms with van der Waals surface area (Å²) < 4.78 is 26.5. The van der Waals surface area contributed by atoms with Crippen LogP contribution in [0, 0.1) is 17.6 Å². The van der Waals surface area contributed by atoms with E-state index in [0.29, 0.717) is 12.8 Å². The van der Waals surface area contributed by atoms with Gasteiger partial charge >= 0.3 is 5.97 Å². The highest BCUT2D eigenvalue weighted by Gasteiger charge is 2.27. The lowest BCUT2D eigenvalue weighted by molar-refractivity contribution is -0.142. The standard InChI is InChI=1S/C13H14ClF2NO2/c14-10-5-8(15)6-11(16)12(10)17-9-3-1-2-7(4-9)13(18)19/h5-7,9,17H,1-4H2,(H,18,19). The molecule has 0 spiro atoms. The third-order valence-electron chi connectivity index (χ3n) is 3.38. The van der Waals surface area contributed by atoms with Gasteiger partial charge in [-0.05, 0) is 25.3 Å². The molecular formula is C13H14ClF2NO2. The Hall–Kier alpha value is -1.36. The van der Waals surface area contributed by atoms with E-state index in [9.17, 15) is 13.6 Å². The number of halogens is 3. The second-order valence-electron chi connectivity index (χ2n) is 4.79. The van der Waals surface area contributed by atoms with E-state index in [1.165, 1.54) is 0 Å². The van der Waals surface area contributed by atoms with Crippen LogP contribution in [0.1, 0.15) is 25.7 Å². The molecule has 0 aromatic heterocycles. The molecule has 0 aliphatic heterocycles. The topological polar surface area (TPSA) is 49.3 Å². The van der Waals surface area contributed by atoms with Gasteiger partial charge < -0.3 is 10.4 Å². The minimum Gasteiger partial charge on any atom is -0.481 e. The van der Waals surface area contributed by atoms with E-state index in [0.717, 1.165) is 25.0 Å². The summed E-state index contributed by atoms with van der Waals surface area (Å²) in [6, 6.07) is 1.63. The van der Waals surface area contributed by atoms with Gasteiger partial charge in [0.05, 0.1) is 16.6 Å². The van der Waals surface area contributed by atoms with Crippen molar-refractivity contribution < 1.29 is 18.7 Å². The quantitative estimate of drug-likeness (QED) is 0.892. The Morgan fingerprint density at radius 3 is 2.74 bits per heavy atom. The van der Waals surface area contributed by atoms with E-state index in [1.807, 2.05) is 0 Å². The molecule has 2 atom stereocenters. The summed E-state index contributed by atoms with van der Waals surface area (Å²) in [5.74, 6) is -2.76. The summed E-state index contributed by atoms with van der Waals surface area (Å²) in [6.45, 7) is 0. The van der Waals surface area contributed by atoms with Crippen LogP contribution < -0.4 is 5.32 Å². The van der Waals surface area contributed by atoms with Gasteiger partial charge in [-0.15, -0.1) is 0 Å². The lowest BCUT2D eigenvalue weighted by Crippen LogP contribution is -2.31. The number of hydrogen-bond acceptors (Lipinski definition) is 2. The monoisotopic (exact) mass is 289 g/mol. The van der Waals surface area contributed by atoms with Crippen LogP contribution in [0.15, 0.2) is 12.1 Å². The van der Waals surface area contributed by atoms with Crippen LogP contribution in [0.3, 0.4) is 0 Å². The van der Waals surface area contributed by atoms with Crippen molar-refractivity contribution in [2.75, 3.05) is 5.32 Å². The van der Waals surface area contributed by atoms with Crippen molar-refractivity contribution in [1.29, 1.82) is 0 Å². The number of aliphatic carboxylic acids is 1. The molecule has 1 aromatic rings. The molecule has 0 radical (unpaired) electrons. The molecule has 1 aromatic carbocycles. The highest BCUT2D eigenvalue weighted by Crippen LogP contribution is 2.31. The number of benzene rings is 1. The van der Waals surface area contributed by atoms with E-state index in [4.69, 9.17) is 16.7 Å². The van der Waals surface area contributed by atoms with Crippen molar-refractivity contribution >= 4 is 23.3 Å². The molecule has 0 bridgehead atoms. The Morgan fingerprint density at radius 2 is 2.11 bits per heavy atom. The zero-order valence-electron chi connectivity index (χ0n) is 10.1. The molecule has 19 heavy (non-hydrogen) atoms. The first-order valence-electron chi connectivity index (χ1n) is 6.11. The Labute approximate surface area is 114 Å². The summed E-state index contributed by atoms with van der Waals surface area (Å²) >= 11 is 5.79. The number of nitrogens with one attached hydrogen (secondary N) is 1. The highest BCUT2D eigenvalue weighted by molar-refractivity contribution is 6.33. The van der Waals surface area contributed by atoms with E-state index in [2.05, 4.69) is 5.32 Å². The number of rotatable bonds is 3. The maximum absolute atomic E-state index is 13.6. The highest BCUT2D eigenvalue weighted by atomic mass is 35.5. The van der Waals surface area contributed by atoms with Crippen LogP contribution in [-0.2, 0) is 4.79 Å². The van der Waals surface area contributed by atoms with Gasteiger partial charge in [-0.1, -0.05) is 18.0 Å². The van der Waals surface area contributed by atoms with Crippen molar-refractivity contribution in [3.05, 3.63) is 28.8 Å². The Bertz CT molecular complexity index is 473. The largest absolute Gasteiger partial charge is 0.481 e. The summed E-state index contributed by atoms with van der Waals surface area (Å²) in [7, 11) is 0. The van der Waals surface area contributed by atoms with Crippen LogP contribution in [0.4, 0.5) is 14.5 Å². The third-order valence-corrected chi connectivity index (χ3v) is 3.68. The first-order chi connectivity index (χ1) is 8.97. The van der Waals surface area contributed by atoms with Crippen molar-refractivity contribution in [1.82, 2.24) is 0 Å². The molecule has 1 aliphatic carbocycles. The molecule has 104 valence electrons. The molecule has 2 rings (SSSR count). The Balaban J connectivity index is 2.11. The fraction of sp³-hybridized carbons (Fsp3) is 0.462. The molecule has 0 amide bonds. The number of hydrogen-bond donors (Lipinski definition) is 2. The van der Waals surface area contributed by atoms with Crippen LogP contribution in [0.2, 0.25) is 5.02 Å². The van der Waals surface area contributed by atoms with Gasteiger partial charge in [-0.2, -0.15) is 0 Å². The van der Waals surface area contributed by atoms with Crippen LogP contribution in [0.5, 0.6) is 0 Å². The van der Waals surface area contributed by atoms with Crippen molar-refractivity contribution in [3.8, 4) is 0 Å². The normalized spacial score (nSPS) is 23.1. The van der Waals surface area contributed by atoms with Gasteiger partial charge in [-0.25, -0.2) is 8.78 Å². The minimum atomic E-state index is -0.836. The molecule has 6 heteroatoms. The van der Waals surface area contributed by atoms with Gasteiger partial charge in [0, 0.05) is 12.1 Å². The molecule has 0 heterocycles. The zero-order chi connectivity index (χ0) is 14.0. The van der Waals surface area contributed by atoms with Crippen LogP contribution in [0.25, 0.3) is 0 Å². The van der Waals surface area contributed by atoms with Gasteiger partial charge in [0.1, 0.15) is 5.82 Å². The number of carboxylic acid groups (broad SMARTS) is 1. The number of carbonyl (C=O) groups is 1. The van der Waals surface area contributed by atoms with E-state index < -0.39 is 23.5 Å². The summed E-state index contributed by atoms with van der Waals surface area (Å²) in [5.41, 5.74) is 0.0408. The van der Waals surface area contributed by atoms with Gasteiger partial charge in [0.15, 0.2) is 5.82 Å². The molecule has 3 nitrogen and oxygen atoms in total. The van der Waals surface area contributed by atoms with Gasteiger partial charge in [0.2, 0.25) is 0 Å². The molecule has 0 saturated heterocycles. The summed E-state index contributed by atoms with van der Waals surface area (Å²) in [4.78, 5) is 11.0. The van der Waals surface area contributed by atoms with Crippen LogP contribution >= 0.6 is 11.6 Å². The molecule has 1 aliphatic rings. The minimum absolute atomic E-state index is 0.0325. The van der Waals surface area contributed by atoms with Crippen molar-refractivity contribution in [2.45, 2.75) is 31.7 Å². The van der Waals surface area contributed by atoms with E-state index >= 15 is 0 Å². The van der Waals surface area contributed by atoms with E-state index in [-0.39, 0.29) is 16.8 Å². The molecular weight excluding hydrogens is 276 g/mol.